The zero-order chi connectivity index (χ0) is 22.7. The van der Waals surface area contributed by atoms with Crippen molar-refractivity contribution in [1.29, 1.82) is 0 Å². The zero-order valence-corrected chi connectivity index (χ0v) is 19.8. The molecule has 0 atom stereocenters. The molecule has 0 heteroatoms. The van der Waals surface area contributed by atoms with Crippen LogP contribution < -0.4 is 0 Å². The largest absolute Gasteiger partial charge is 0.0955 e. The summed E-state index contributed by atoms with van der Waals surface area (Å²) in [4.78, 5) is 0. The monoisotopic (exact) mass is 398 g/mol. The zero-order valence-electron chi connectivity index (χ0n) is 19.8. The molecule has 0 amide bonds. The van der Waals surface area contributed by atoms with Crippen LogP contribution in [0.5, 0.6) is 0 Å². The third-order valence-electron chi connectivity index (χ3n) is 5.18. The van der Waals surface area contributed by atoms with Crippen molar-refractivity contribution in [3.8, 4) is 0 Å². The van der Waals surface area contributed by atoms with Crippen LogP contribution in [0, 0.1) is 0 Å². The Kier molecular flexibility index (Phi) is 10.6. The van der Waals surface area contributed by atoms with Crippen molar-refractivity contribution in [3.05, 3.63) is 119 Å². The minimum Gasteiger partial charge on any atom is -0.0955 e. The summed E-state index contributed by atoms with van der Waals surface area (Å²) in [6, 6.07) is 17.2. The molecule has 0 N–H and O–H groups in total. The Morgan fingerprint density at radius 2 is 1.50 bits per heavy atom. The molecule has 4 rings (SSSR count). The summed E-state index contributed by atoms with van der Waals surface area (Å²) in [5.74, 6) is 0. The van der Waals surface area contributed by atoms with E-state index in [1.807, 2.05) is 33.8 Å². The second-order valence-corrected chi connectivity index (χ2v) is 7.41. The third kappa shape index (κ3) is 7.19. The first-order valence-electron chi connectivity index (χ1n) is 10.9. The van der Waals surface area contributed by atoms with Gasteiger partial charge >= 0.3 is 0 Å². The Balaban J connectivity index is 0.000000220. The van der Waals surface area contributed by atoms with Crippen LogP contribution in [0.25, 0.3) is 11.1 Å². The predicted molar refractivity (Wildman–Crippen MR) is 138 cm³/mol. The first-order valence-corrected chi connectivity index (χ1v) is 10.9. The number of hydrogen-bond donors (Lipinski definition) is 0. The lowest BCUT2D eigenvalue weighted by Gasteiger charge is -2.15. The van der Waals surface area contributed by atoms with E-state index in [4.69, 9.17) is 0 Å². The van der Waals surface area contributed by atoms with Crippen LogP contribution in [-0.2, 0) is 12.8 Å². The Bertz CT molecular complexity index is 930. The molecule has 0 saturated carbocycles. The van der Waals surface area contributed by atoms with Gasteiger partial charge in [0.1, 0.15) is 0 Å². The molecular weight excluding hydrogens is 360 g/mol. The summed E-state index contributed by atoms with van der Waals surface area (Å²) in [6.45, 7) is 23.8. The number of hydrogen-bond acceptors (Lipinski definition) is 0. The van der Waals surface area contributed by atoms with Crippen molar-refractivity contribution < 1.29 is 0 Å². The van der Waals surface area contributed by atoms with E-state index in [0.29, 0.717) is 0 Å². The van der Waals surface area contributed by atoms with Crippen molar-refractivity contribution in [3.63, 3.8) is 0 Å². The Labute approximate surface area is 185 Å². The Morgan fingerprint density at radius 3 is 1.90 bits per heavy atom. The smallest absolute Gasteiger partial charge is 0.00855 e. The summed E-state index contributed by atoms with van der Waals surface area (Å²) >= 11 is 0. The van der Waals surface area contributed by atoms with Gasteiger partial charge in [0.15, 0.2) is 0 Å². The van der Waals surface area contributed by atoms with E-state index in [1.165, 1.54) is 33.4 Å². The maximum Gasteiger partial charge on any atom is -0.00855 e. The van der Waals surface area contributed by atoms with Crippen LogP contribution in [0.2, 0.25) is 0 Å². The minimum atomic E-state index is 1.08. The molecule has 30 heavy (non-hydrogen) atoms. The van der Waals surface area contributed by atoms with E-state index < -0.39 is 0 Å². The number of fused-ring (bicyclic) bond motifs is 1. The van der Waals surface area contributed by atoms with Gasteiger partial charge in [0.25, 0.3) is 0 Å². The van der Waals surface area contributed by atoms with Gasteiger partial charge in [-0.25, -0.2) is 0 Å². The van der Waals surface area contributed by atoms with Gasteiger partial charge in [-0.3, -0.25) is 0 Å². The van der Waals surface area contributed by atoms with Gasteiger partial charge in [0.05, 0.1) is 0 Å². The molecule has 0 unspecified atom stereocenters. The Morgan fingerprint density at radius 1 is 0.900 bits per heavy atom. The Hall–Kier alpha value is -2.86. The van der Waals surface area contributed by atoms with Gasteiger partial charge in [-0.2, -0.15) is 0 Å². The van der Waals surface area contributed by atoms with Gasteiger partial charge in [-0.15, -0.1) is 0 Å². The first kappa shape index (κ1) is 25.2. The van der Waals surface area contributed by atoms with Gasteiger partial charge < -0.3 is 0 Å². The summed E-state index contributed by atoms with van der Waals surface area (Å²) in [5.41, 5.74) is 11.5. The van der Waals surface area contributed by atoms with Crippen LogP contribution in [0.1, 0.15) is 63.8 Å². The SMILES string of the molecule is C=C(C)c1ccc(CC)cc1.C=C1C=C(C)C1=C.CC.CC1=CCc2ccccc21. The lowest BCUT2D eigenvalue weighted by atomic mass is 9.90. The maximum atomic E-state index is 3.88. The summed E-state index contributed by atoms with van der Waals surface area (Å²) in [7, 11) is 0. The minimum absolute atomic E-state index is 1.08. The number of rotatable bonds is 2. The van der Waals surface area contributed by atoms with Crippen LogP contribution >= 0.6 is 0 Å². The van der Waals surface area contributed by atoms with Crippen LogP contribution in [-0.4, -0.2) is 0 Å². The average molecular weight is 399 g/mol. The molecular formula is C30H38. The van der Waals surface area contributed by atoms with Gasteiger partial charge in [-0.05, 0) is 78.2 Å². The lowest BCUT2D eigenvalue weighted by molar-refractivity contribution is 1.14. The fourth-order valence-corrected chi connectivity index (χ4v) is 3.09. The molecule has 0 heterocycles. The molecule has 0 nitrogen and oxygen atoms in total. The van der Waals surface area contributed by atoms with Crippen molar-refractivity contribution in [2.75, 3.05) is 0 Å². The molecule has 0 radical (unpaired) electrons. The molecule has 0 aromatic heterocycles. The second kappa shape index (κ2) is 12.6. The topological polar surface area (TPSA) is 0 Å². The van der Waals surface area contributed by atoms with E-state index in [2.05, 4.69) is 88.2 Å². The predicted octanol–water partition coefficient (Wildman–Crippen LogP) is 9.01. The lowest BCUT2D eigenvalue weighted by Crippen LogP contribution is -1.96. The number of benzene rings is 2. The van der Waals surface area contributed by atoms with Crippen LogP contribution in [0.4, 0.5) is 0 Å². The van der Waals surface area contributed by atoms with Crippen molar-refractivity contribution in [1.82, 2.24) is 0 Å². The highest BCUT2D eigenvalue weighted by Crippen LogP contribution is 2.27. The summed E-state index contributed by atoms with van der Waals surface area (Å²) < 4.78 is 0. The molecule has 2 aliphatic carbocycles. The second-order valence-electron chi connectivity index (χ2n) is 7.41. The van der Waals surface area contributed by atoms with Gasteiger partial charge in [0, 0.05) is 0 Å². The standard InChI is InChI=1S/C11H14.C10H10.C7H8.C2H6/c1-4-10-5-7-11(8-6-10)9(2)3;1-8-6-7-9-4-2-3-5-10(8)9;1-5-4-6(2)7(5)3;1-2/h5-8H,2,4H2,1,3H3;2-6H,7H2,1H3;4H,1,3H2,2H3;1-2H3. The van der Waals surface area contributed by atoms with Crippen molar-refractivity contribution in [2.24, 2.45) is 0 Å². The van der Waals surface area contributed by atoms with E-state index in [9.17, 15) is 0 Å². The quantitative estimate of drug-likeness (QED) is 0.473. The average Bonchev–Trinajstić information content (AvgIpc) is 3.17. The van der Waals surface area contributed by atoms with Crippen LogP contribution in [0.15, 0.2) is 97.1 Å². The highest BCUT2D eigenvalue weighted by atomic mass is 14.1. The number of aryl methyl sites for hydroxylation is 1. The normalized spacial score (nSPS) is 13.0. The molecule has 0 aliphatic heterocycles. The first-order chi connectivity index (χ1) is 14.3. The fraction of sp³-hybridized carbons (Fsp3) is 0.267. The van der Waals surface area contributed by atoms with Crippen LogP contribution in [0.3, 0.4) is 0 Å². The molecule has 0 fully saturated rings. The number of allylic oxidation sites excluding steroid dienone is 7. The highest BCUT2D eigenvalue weighted by molar-refractivity contribution is 5.71. The summed E-state index contributed by atoms with van der Waals surface area (Å²) in [6.07, 6.45) is 6.55. The van der Waals surface area contributed by atoms with Crippen molar-refractivity contribution in [2.45, 2.75) is 54.4 Å². The van der Waals surface area contributed by atoms with E-state index in [0.717, 1.165) is 29.6 Å². The molecule has 0 spiro atoms. The summed E-state index contributed by atoms with van der Waals surface area (Å²) in [5, 5.41) is 0. The van der Waals surface area contributed by atoms with E-state index in [1.54, 1.807) is 0 Å². The van der Waals surface area contributed by atoms with Gasteiger partial charge in [0.2, 0.25) is 0 Å². The maximum absolute atomic E-state index is 3.88. The third-order valence-corrected chi connectivity index (χ3v) is 5.18. The molecule has 2 aromatic carbocycles. The molecule has 0 bridgehead atoms. The molecule has 2 aliphatic rings. The van der Waals surface area contributed by atoms with E-state index in [-0.39, 0.29) is 0 Å². The molecule has 0 saturated heterocycles. The molecule has 158 valence electrons. The fourth-order valence-electron chi connectivity index (χ4n) is 3.09. The highest BCUT2D eigenvalue weighted by Gasteiger charge is 2.08. The van der Waals surface area contributed by atoms with E-state index >= 15 is 0 Å². The van der Waals surface area contributed by atoms with Gasteiger partial charge in [-0.1, -0.05) is 107 Å². The molecule has 2 aromatic rings. The van der Waals surface area contributed by atoms with Crippen molar-refractivity contribution >= 4 is 11.1 Å².